The lowest BCUT2D eigenvalue weighted by Gasteiger charge is -2.44. The van der Waals surface area contributed by atoms with Crippen molar-refractivity contribution < 1.29 is 38.0 Å². The number of thioether (sulfide) groups is 1. The maximum Gasteiger partial charge on any atom is 0.338 e. The van der Waals surface area contributed by atoms with E-state index in [0.29, 0.717) is 17.1 Å². The molecular weight excluding hydrogens is 532 g/mol. The van der Waals surface area contributed by atoms with Crippen LogP contribution in [0.2, 0.25) is 0 Å². The molecule has 40 heavy (non-hydrogen) atoms. The molecule has 1 saturated heterocycles. The molecule has 0 aromatic heterocycles. The molecule has 1 fully saturated rings. The maximum absolute atomic E-state index is 13.2. The second kappa shape index (κ2) is 14.9. The van der Waals surface area contributed by atoms with Crippen LogP contribution in [-0.4, -0.2) is 61.8 Å². The number of hydrogen-bond donors (Lipinski definition) is 0. The first-order valence-corrected chi connectivity index (χ1v) is 14.1. The zero-order chi connectivity index (χ0) is 28.3. The summed E-state index contributed by atoms with van der Waals surface area (Å²) in [6.07, 6.45) is -3.74. The smallest absolute Gasteiger partial charge is 0.338 e. The normalized spacial score (nSPS) is 22.3. The lowest BCUT2D eigenvalue weighted by molar-refractivity contribution is -0.237. The lowest BCUT2D eigenvalue weighted by Crippen LogP contribution is -2.62. The van der Waals surface area contributed by atoms with Crippen LogP contribution in [0.25, 0.3) is 0 Å². The monoisotopic (exact) mass is 566 g/mol. The maximum atomic E-state index is 13.2. The van der Waals surface area contributed by atoms with Gasteiger partial charge >= 0.3 is 11.9 Å². The van der Waals surface area contributed by atoms with E-state index in [0.717, 1.165) is 11.1 Å². The van der Waals surface area contributed by atoms with Gasteiger partial charge in [0.15, 0.2) is 12.2 Å². The first-order chi connectivity index (χ1) is 19.5. The Hall–Kier alpha value is -3.37. The van der Waals surface area contributed by atoms with E-state index < -0.39 is 41.8 Å². The van der Waals surface area contributed by atoms with Crippen molar-refractivity contribution in [2.45, 2.75) is 50.0 Å². The van der Waals surface area contributed by atoms with Crippen molar-refractivity contribution in [3.05, 3.63) is 102 Å². The molecule has 0 amide bonds. The van der Waals surface area contributed by atoms with Gasteiger partial charge in [-0.1, -0.05) is 67.6 Å². The highest BCUT2D eigenvalue weighted by Gasteiger charge is 2.52. The molecule has 0 saturated carbocycles. The van der Waals surface area contributed by atoms with Crippen LogP contribution in [0.4, 0.5) is 0 Å². The molecule has 212 valence electrons. The summed E-state index contributed by atoms with van der Waals surface area (Å²) in [7, 11) is 2.90. The first-order valence-electron chi connectivity index (χ1n) is 13.0. The number of benzene rings is 3. The van der Waals surface area contributed by atoms with Gasteiger partial charge in [-0.3, -0.25) is 0 Å². The van der Waals surface area contributed by atoms with Crippen molar-refractivity contribution in [2.24, 2.45) is 0 Å². The Balaban J connectivity index is 1.67. The van der Waals surface area contributed by atoms with E-state index in [1.165, 1.54) is 18.9 Å². The first kappa shape index (κ1) is 29.6. The van der Waals surface area contributed by atoms with E-state index >= 15 is 0 Å². The minimum Gasteiger partial charge on any atom is -0.497 e. The van der Waals surface area contributed by atoms with Crippen molar-refractivity contribution in [3.8, 4) is 5.75 Å². The van der Waals surface area contributed by atoms with Crippen LogP contribution in [0, 0.1) is 0 Å². The predicted molar refractivity (Wildman–Crippen MR) is 151 cm³/mol. The highest BCUT2D eigenvalue weighted by atomic mass is 32.2. The zero-order valence-corrected chi connectivity index (χ0v) is 23.6. The predicted octanol–water partition coefficient (Wildman–Crippen LogP) is 5.04. The van der Waals surface area contributed by atoms with Crippen molar-refractivity contribution in [3.63, 3.8) is 0 Å². The Labute approximate surface area is 238 Å². The molecular formula is C31H34O8S. The standard InChI is InChI=1S/C31H34O8S/c1-4-40-31-28(38-29(32)23-13-9-6-10-14-23)26(37-19-21-11-7-5-8-12-21)25(27(39-31)30(33)35-3)36-20-22-15-17-24(34-2)18-16-22/h5-18,25-28,31H,4,19-20H2,1-3H3/t25-,26-,27-,28+,31?/m0/s1. The van der Waals surface area contributed by atoms with Gasteiger partial charge in [-0.25, -0.2) is 9.59 Å². The SMILES string of the molecule is CCSC1O[C@H](C(=O)OC)[C@@H](OCc2ccc(OC)cc2)[C@H](OCc2ccccc2)[C@H]1OC(=O)c1ccccc1. The number of methoxy groups -OCH3 is 2. The van der Waals surface area contributed by atoms with Crippen molar-refractivity contribution in [2.75, 3.05) is 20.0 Å². The Kier molecular flexibility index (Phi) is 11.0. The van der Waals surface area contributed by atoms with Crippen molar-refractivity contribution in [1.29, 1.82) is 0 Å². The fourth-order valence-electron chi connectivity index (χ4n) is 4.36. The summed E-state index contributed by atoms with van der Waals surface area (Å²) in [5, 5.41) is 0. The van der Waals surface area contributed by atoms with Crippen LogP contribution in [0.1, 0.15) is 28.4 Å². The largest absolute Gasteiger partial charge is 0.497 e. The van der Waals surface area contributed by atoms with Crippen LogP contribution in [0.15, 0.2) is 84.9 Å². The molecule has 0 aliphatic carbocycles. The van der Waals surface area contributed by atoms with Gasteiger partial charge in [0.1, 0.15) is 23.4 Å². The third-order valence-corrected chi connectivity index (χ3v) is 7.44. The molecule has 0 spiro atoms. The Morgan fingerprint density at radius 1 is 0.775 bits per heavy atom. The molecule has 1 heterocycles. The molecule has 1 unspecified atom stereocenters. The van der Waals surface area contributed by atoms with E-state index in [1.54, 1.807) is 31.4 Å². The quantitative estimate of drug-likeness (QED) is 0.280. The molecule has 0 bridgehead atoms. The summed E-state index contributed by atoms with van der Waals surface area (Å²) >= 11 is 1.42. The average Bonchev–Trinajstić information content (AvgIpc) is 3.01. The van der Waals surface area contributed by atoms with Gasteiger partial charge in [-0.15, -0.1) is 11.8 Å². The van der Waals surface area contributed by atoms with Crippen LogP contribution in [0.3, 0.4) is 0 Å². The van der Waals surface area contributed by atoms with Gasteiger partial charge < -0.3 is 28.4 Å². The molecule has 3 aromatic carbocycles. The number of carbonyl (C=O) groups excluding carboxylic acids is 2. The molecule has 1 aliphatic rings. The van der Waals surface area contributed by atoms with Crippen molar-refractivity contribution >= 4 is 23.7 Å². The fourth-order valence-corrected chi connectivity index (χ4v) is 5.29. The minimum atomic E-state index is -1.10. The minimum absolute atomic E-state index is 0.154. The Bertz CT molecular complexity index is 1210. The summed E-state index contributed by atoms with van der Waals surface area (Å²) in [4.78, 5) is 26.2. The third-order valence-electron chi connectivity index (χ3n) is 6.40. The van der Waals surface area contributed by atoms with Gasteiger partial charge in [0.2, 0.25) is 0 Å². The summed E-state index contributed by atoms with van der Waals surface area (Å²) in [6.45, 7) is 2.33. The van der Waals surface area contributed by atoms with E-state index in [9.17, 15) is 9.59 Å². The number of carbonyl (C=O) groups is 2. The molecule has 3 aromatic rings. The van der Waals surface area contributed by atoms with Gasteiger partial charge in [-0.05, 0) is 41.1 Å². The van der Waals surface area contributed by atoms with Gasteiger partial charge in [0.25, 0.3) is 0 Å². The molecule has 9 heteroatoms. The van der Waals surface area contributed by atoms with Crippen LogP contribution in [-0.2, 0) is 41.7 Å². The van der Waals surface area contributed by atoms with Gasteiger partial charge in [-0.2, -0.15) is 0 Å². The number of hydrogen-bond acceptors (Lipinski definition) is 9. The molecule has 1 aliphatic heterocycles. The van der Waals surface area contributed by atoms with E-state index in [-0.39, 0.29) is 13.2 Å². The molecule has 8 nitrogen and oxygen atoms in total. The third kappa shape index (κ3) is 7.63. The molecule has 0 N–H and O–H groups in total. The molecule has 0 radical (unpaired) electrons. The topological polar surface area (TPSA) is 89.5 Å². The van der Waals surface area contributed by atoms with Crippen LogP contribution < -0.4 is 4.74 Å². The van der Waals surface area contributed by atoms with E-state index in [1.807, 2.05) is 67.6 Å². The summed E-state index contributed by atoms with van der Waals surface area (Å²) in [5.41, 5.74) is 1.48. The lowest BCUT2D eigenvalue weighted by atomic mass is 9.98. The second-order valence-electron chi connectivity index (χ2n) is 9.02. The zero-order valence-electron chi connectivity index (χ0n) is 22.8. The van der Waals surface area contributed by atoms with Gasteiger partial charge in [0.05, 0.1) is 33.0 Å². The Morgan fingerprint density at radius 3 is 1.98 bits per heavy atom. The second-order valence-corrected chi connectivity index (χ2v) is 10.4. The Morgan fingerprint density at radius 2 is 1.38 bits per heavy atom. The summed E-state index contributed by atoms with van der Waals surface area (Å²) < 4.78 is 35.4. The summed E-state index contributed by atoms with van der Waals surface area (Å²) in [5.74, 6) is 0.256. The fraction of sp³-hybridized carbons (Fsp3) is 0.355. The van der Waals surface area contributed by atoms with Crippen LogP contribution in [0.5, 0.6) is 5.75 Å². The average molecular weight is 567 g/mol. The van der Waals surface area contributed by atoms with Crippen molar-refractivity contribution in [1.82, 2.24) is 0 Å². The molecule has 5 atom stereocenters. The number of rotatable bonds is 12. The van der Waals surface area contributed by atoms with E-state index in [2.05, 4.69) is 0 Å². The molecule has 4 rings (SSSR count). The highest BCUT2D eigenvalue weighted by molar-refractivity contribution is 7.99. The van der Waals surface area contributed by atoms with Crippen LogP contribution >= 0.6 is 11.8 Å². The number of esters is 2. The highest BCUT2D eigenvalue weighted by Crippen LogP contribution is 2.35. The van der Waals surface area contributed by atoms with Gasteiger partial charge in [0, 0.05) is 0 Å². The summed E-state index contributed by atoms with van der Waals surface area (Å²) in [6, 6.07) is 25.8. The number of ether oxygens (including phenoxy) is 6. The van der Waals surface area contributed by atoms with E-state index in [4.69, 9.17) is 28.4 Å².